The Labute approximate surface area is 112 Å². The van der Waals surface area contributed by atoms with Crippen LogP contribution in [0.15, 0.2) is 0 Å². The highest BCUT2D eigenvalue weighted by Crippen LogP contribution is 2.04. The van der Waals surface area contributed by atoms with Crippen molar-refractivity contribution in [3.8, 4) is 0 Å². The average molecular weight is 254 g/mol. The second kappa shape index (κ2) is 8.86. The standard InChI is InChI=1S/C14H30N4/c1(3-9-17-11-5-15-6-12-17)2-4-10-18-13-7-16-8-14-18/h15-16H,1-14H2. The van der Waals surface area contributed by atoms with Crippen molar-refractivity contribution < 1.29 is 0 Å². The Balaban J connectivity index is 1.39. The number of piperazine rings is 2. The largest absolute Gasteiger partial charge is 0.314 e. The third kappa shape index (κ3) is 5.65. The third-order valence-corrected chi connectivity index (χ3v) is 4.12. The highest BCUT2D eigenvalue weighted by atomic mass is 15.2. The molecule has 2 rings (SSSR count). The zero-order valence-corrected chi connectivity index (χ0v) is 11.8. The molecule has 0 atom stereocenters. The molecular weight excluding hydrogens is 224 g/mol. The first-order chi connectivity index (χ1) is 8.95. The Morgan fingerprint density at radius 1 is 0.556 bits per heavy atom. The van der Waals surface area contributed by atoms with Gasteiger partial charge in [-0.2, -0.15) is 0 Å². The van der Waals surface area contributed by atoms with Gasteiger partial charge in [-0.25, -0.2) is 0 Å². The van der Waals surface area contributed by atoms with Gasteiger partial charge in [-0.15, -0.1) is 0 Å². The van der Waals surface area contributed by atoms with E-state index in [2.05, 4.69) is 20.4 Å². The fourth-order valence-electron chi connectivity index (χ4n) is 2.89. The van der Waals surface area contributed by atoms with Crippen molar-refractivity contribution in [3.05, 3.63) is 0 Å². The molecule has 2 aliphatic rings. The Morgan fingerprint density at radius 3 is 1.33 bits per heavy atom. The second-order valence-corrected chi connectivity index (χ2v) is 5.60. The lowest BCUT2D eigenvalue weighted by molar-refractivity contribution is 0.227. The maximum absolute atomic E-state index is 3.41. The van der Waals surface area contributed by atoms with Gasteiger partial charge in [0.05, 0.1) is 0 Å². The Bertz CT molecular complexity index is 176. The molecule has 0 unspecified atom stereocenters. The van der Waals surface area contributed by atoms with Gasteiger partial charge in [0, 0.05) is 52.4 Å². The molecule has 18 heavy (non-hydrogen) atoms. The molecule has 106 valence electrons. The van der Waals surface area contributed by atoms with E-state index in [0.717, 1.165) is 0 Å². The van der Waals surface area contributed by atoms with Crippen molar-refractivity contribution in [2.75, 3.05) is 65.4 Å². The summed E-state index contributed by atoms with van der Waals surface area (Å²) in [6.07, 6.45) is 5.61. The van der Waals surface area contributed by atoms with E-state index in [1.165, 1.54) is 91.1 Å². The summed E-state index contributed by atoms with van der Waals surface area (Å²) in [5.74, 6) is 0. The van der Waals surface area contributed by atoms with E-state index in [-0.39, 0.29) is 0 Å². The summed E-state index contributed by atoms with van der Waals surface area (Å²) in [5, 5.41) is 6.82. The van der Waals surface area contributed by atoms with E-state index in [1.807, 2.05) is 0 Å². The number of hydrogen-bond acceptors (Lipinski definition) is 4. The predicted octanol–water partition coefficient (Wildman–Crippen LogP) is 0.357. The molecule has 0 aliphatic carbocycles. The zero-order chi connectivity index (χ0) is 12.5. The number of hydrogen-bond donors (Lipinski definition) is 2. The molecule has 0 saturated carbocycles. The zero-order valence-electron chi connectivity index (χ0n) is 11.8. The maximum atomic E-state index is 3.41. The molecule has 2 heterocycles. The summed E-state index contributed by atoms with van der Waals surface area (Å²) < 4.78 is 0. The number of rotatable bonds is 7. The average Bonchev–Trinajstić information content (AvgIpc) is 2.45. The number of nitrogens with one attached hydrogen (secondary N) is 2. The SMILES string of the molecule is C(CCCN1CCNCC1)CCN1CCNCC1. The van der Waals surface area contributed by atoms with E-state index in [1.54, 1.807) is 0 Å². The third-order valence-electron chi connectivity index (χ3n) is 4.12. The molecule has 0 aromatic heterocycles. The van der Waals surface area contributed by atoms with Gasteiger partial charge in [-0.05, 0) is 25.9 Å². The highest BCUT2D eigenvalue weighted by Gasteiger charge is 2.09. The van der Waals surface area contributed by atoms with Crippen LogP contribution in [-0.2, 0) is 0 Å². The molecule has 4 heteroatoms. The Kier molecular flexibility index (Phi) is 7.01. The van der Waals surface area contributed by atoms with Crippen LogP contribution in [0.2, 0.25) is 0 Å². The van der Waals surface area contributed by atoms with E-state index in [9.17, 15) is 0 Å². The smallest absolute Gasteiger partial charge is 0.0107 e. The highest BCUT2D eigenvalue weighted by molar-refractivity contribution is 4.68. The van der Waals surface area contributed by atoms with Crippen molar-refractivity contribution in [2.24, 2.45) is 0 Å². The van der Waals surface area contributed by atoms with Crippen LogP contribution < -0.4 is 10.6 Å². The molecule has 2 saturated heterocycles. The Morgan fingerprint density at radius 2 is 0.944 bits per heavy atom. The minimum Gasteiger partial charge on any atom is -0.314 e. The molecule has 0 aromatic rings. The monoisotopic (exact) mass is 254 g/mol. The number of unbranched alkanes of at least 4 members (excludes halogenated alkanes) is 3. The van der Waals surface area contributed by atoms with Crippen LogP contribution in [0.3, 0.4) is 0 Å². The molecule has 2 aliphatic heterocycles. The molecule has 0 radical (unpaired) electrons. The summed E-state index contributed by atoms with van der Waals surface area (Å²) >= 11 is 0. The van der Waals surface area contributed by atoms with Gasteiger partial charge in [-0.3, -0.25) is 0 Å². The summed E-state index contributed by atoms with van der Waals surface area (Å²) in [5.41, 5.74) is 0. The van der Waals surface area contributed by atoms with E-state index >= 15 is 0 Å². The quantitative estimate of drug-likeness (QED) is 0.642. The molecule has 2 fully saturated rings. The second-order valence-electron chi connectivity index (χ2n) is 5.60. The van der Waals surface area contributed by atoms with E-state index < -0.39 is 0 Å². The lowest BCUT2D eigenvalue weighted by Crippen LogP contribution is -2.44. The van der Waals surface area contributed by atoms with Crippen LogP contribution >= 0.6 is 0 Å². The van der Waals surface area contributed by atoms with Crippen LogP contribution in [0.4, 0.5) is 0 Å². The lowest BCUT2D eigenvalue weighted by atomic mass is 10.1. The van der Waals surface area contributed by atoms with Gasteiger partial charge in [0.25, 0.3) is 0 Å². The molecule has 0 bridgehead atoms. The summed E-state index contributed by atoms with van der Waals surface area (Å²) in [4.78, 5) is 5.21. The van der Waals surface area contributed by atoms with Gasteiger partial charge in [-0.1, -0.05) is 12.8 Å². The van der Waals surface area contributed by atoms with Crippen molar-refractivity contribution in [1.29, 1.82) is 0 Å². The lowest BCUT2D eigenvalue weighted by Gasteiger charge is -2.27. The minimum atomic E-state index is 1.18. The summed E-state index contributed by atoms with van der Waals surface area (Å²) in [6, 6.07) is 0. The molecule has 0 spiro atoms. The summed E-state index contributed by atoms with van der Waals surface area (Å²) in [7, 11) is 0. The fourth-order valence-corrected chi connectivity index (χ4v) is 2.89. The van der Waals surface area contributed by atoms with Gasteiger partial charge >= 0.3 is 0 Å². The predicted molar refractivity (Wildman–Crippen MR) is 77.1 cm³/mol. The first kappa shape index (κ1) is 14.3. The first-order valence-electron chi connectivity index (χ1n) is 7.81. The van der Waals surface area contributed by atoms with Crippen molar-refractivity contribution in [1.82, 2.24) is 20.4 Å². The number of nitrogens with zero attached hydrogens (tertiary/aromatic N) is 2. The van der Waals surface area contributed by atoms with Gasteiger partial charge in [0.2, 0.25) is 0 Å². The molecular formula is C14H30N4. The van der Waals surface area contributed by atoms with Crippen LogP contribution in [0, 0.1) is 0 Å². The van der Waals surface area contributed by atoms with Crippen LogP contribution in [-0.4, -0.2) is 75.2 Å². The normalized spacial score (nSPS) is 23.3. The molecule has 0 aromatic carbocycles. The van der Waals surface area contributed by atoms with Crippen LogP contribution in [0.25, 0.3) is 0 Å². The fraction of sp³-hybridized carbons (Fsp3) is 1.00. The van der Waals surface area contributed by atoms with Gasteiger partial charge in [0.15, 0.2) is 0 Å². The summed E-state index contributed by atoms with van der Waals surface area (Å²) in [6.45, 7) is 12.4. The Hall–Kier alpha value is -0.160. The van der Waals surface area contributed by atoms with Crippen molar-refractivity contribution in [3.63, 3.8) is 0 Å². The van der Waals surface area contributed by atoms with Crippen LogP contribution in [0.5, 0.6) is 0 Å². The minimum absolute atomic E-state index is 1.18. The van der Waals surface area contributed by atoms with Gasteiger partial charge in [0.1, 0.15) is 0 Å². The molecule has 2 N–H and O–H groups in total. The molecule has 4 nitrogen and oxygen atoms in total. The van der Waals surface area contributed by atoms with Gasteiger partial charge < -0.3 is 20.4 Å². The van der Waals surface area contributed by atoms with Crippen molar-refractivity contribution in [2.45, 2.75) is 25.7 Å². The topological polar surface area (TPSA) is 30.5 Å². The van der Waals surface area contributed by atoms with Crippen molar-refractivity contribution >= 4 is 0 Å². The van der Waals surface area contributed by atoms with E-state index in [4.69, 9.17) is 0 Å². The molecule has 0 amide bonds. The van der Waals surface area contributed by atoms with Crippen LogP contribution in [0.1, 0.15) is 25.7 Å². The first-order valence-corrected chi connectivity index (χ1v) is 7.81. The van der Waals surface area contributed by atoms with E-state index in [0.29, 0.717) is 0 Å². The maximum Gasteiger partial charge on any atom is 0.0107 e.